The van der Waals surface area contributed by atoms with E-state index >= 15 is 0 Å². The van der Waals surface area contributed by atoms with Crippen LogP contribution in [0.25, 0.3) is 0 Å². The van der Waals surface area contributed by atoms with Gasteiger partial charge in [-0.15, -0.1) is 0 Å². The first-order valence-corrected chi connectivity index (χ1v) is 12.9. The van der Waals surface area contributed by atoms with Gasteiger partial charge >= 0.3 is 0 Å². The van der Waals surface area contributed by atoms with Crippen molar-refractivity contribution in [1.29, 1.82) is 0 Å². The summed E-state index contributed by atoms with van der Waals surface area (Å²) in [5.41, 5.74) is 9.97. The lowest BCUT2D eigenvalue weighted by Crippen LogP contribution is -2.23. The number of carbonyl (C=O) groups is 1. The maximum Gasteiger partial charge on any atom is 0.159 e. The maximum atomic E-state index is 12.7. The fourth-order valence-electron chi connectivity index (χ4n) is 4.77. The highest BCUT2D eigenvalue weighted by Crippen LogP contribution is 2.57. The molecule has 3 nitrogen and oxygen atoms in total. The first-order valence-electron chi connectivity index (χ1n) is 12.9. The van der Waals surface area contributed by atoms with Gasteiger partial charge in [-0.1, -0.05) is 57.6 Å². The minimum absolute atomic E-state index is 0.00939. The fraction of sp³-hybridized carbons (Fsp3) is 0.516. The molecule has 0 unspecified atom stereocenters. The van der Waals surface area contributed by atoms with Gasteiger partial charge < -0.3 is 10.8 Å². The van der Waals surface area contributed by atoms with Crippen LogP contribution in [0, 0.1) is 28.9 Å². The number of halogens is 2. The number of carbonyl (C=O) groups excluding carboxylic acids is 1. The van der Waals surface area contributed by atoms with Gasteiger partial charge in [-0.05, 0) is 105 Å². The third-order valence-electron chi connectivity index (χ3n) is 6.97. The zero-order valence-electron chi connectivity index (χ0n) is 22.9. The lowest BCUT2D eigenvalue weighted by atomic mass is 9.78. The van der Waals surface area contributed by atoms with Crippen LogP contribution in [-0.2, 0) is 4.79 Å². The average Bonchev–Trinajstić information content (AvgIpc) is 3.60. The number of allylic oxidation sites excluding steroid dienone is 6. The van der Waals surface area contributed by atoms with Crippen LogP contribution in [0.2, 0.25) is 0 Å². The number of benzene rings is 1. The molecule has 1 aromatic carbocycles. The maximum absolute atomic E-state index is 12.7. The zero-order valence-corrected chi connectivity index (χ0v) is 22.9. The number of aliphatic hydroxyl groups is 1. The topological polar surface area (TPSA) is 63.3 Å². The molecule has 1 saturated carbocycles. The van der Waals surface area contributed by atoms with Crippen molar-refractivity contribution in [3.8, 4) is 0 Å². The number of Topliss-reactive ketones (excluding diaryl/α,β-unsaturated/α-hetero) is 1. The molecule has 200 valence electrons. The number of rotatable bonds is 12. The van der Waals surface area contributed by atoms with Gasteiger partial charge in [0.2, 0.25) is 0 Å². The Kier molecular flexibility index (Phi) is 13.0. The second-order valence-corrected chi connectivity index (χ2v) is 10.4. The predicted molar refractivity (Wildman–Crippen MR) is 146 cm³/mol. The van der Waals surface area contributed by atoms with E-state index in [0.29, 0.717) is 11.3 Å². The van der Waals surface area contributed by atoms with E-state index in [1.165, 1.54) is 35.6 Å². The van der Waals surface area contributed by atoms with Crippen molar-refractivity contribution in [3.05, 3.63) is 83.1 Å². The molecule has 0 amide bonds. The van der Waals surface area contributed by atoms with E-state index in [2.05, 4.69) is 33.4 Å². The SMILES string of the molecule is C=C/C=C(/CCC1([C@H](CCC)C(C)=O)CC1)C(/C=C\N)=C(C)C.CC(C)[C@@H](O)c1ccc(F)c(F)c1. The van der Waals surface area contributed by atoms with Gasteiger partial charge in [-0.3, -0.25) is 4.79 Å². The molecule has 0 aliphatic heterocycles. The molecule has 0 bridgehead atoms. The molecule has 2 atom stereocenters. The predicted octanol–water partition coefficient (Wildman–Crippen LogP) is 8.13. The molecule has 2 rings (SSSR count). The second kappa shape index (κ2) is 14.9. The molecule has 3 N–H and O–H groups in total. The molecule has 1 aromatic rings. The third kappa shape index (κ3) is 9.16. The Morgan fingerprint density at radius 2 is 1.83 bits per heavy atom. The van der Waals surface area contributed by atoms with Gasteiger partial charge in [0.15, 0.2) is 11.6 Å². The molecule has 1 fully saturated rings. The van der Waals surface area contributed by atoms with Gasteiger partial charge in [0.25, 0.3) is 0 Å². The Morgan fingerprint density at radius 3 is 2.25 bits per heavy atom. The molecule has 0 heterocycles. The molecule has 1 aliphatic carbocycles. The Balaban J connectivity index is 0.000000420. The molecule has 5 heteroatoms. The number of ketones is 1. The highest BCUT2D eigenvalue weighted by Gasteiger charge is 2.49. The summed E-state index contributed by atoms with van der Waals surface area (Å²) in [4.78, 5) is 12.1. The van der Waals surface area contributed by atoms with Crippen molar-refractivity contribution in [2.45, 2.75) is 86.2 Å². The van der Waals surface area contributed by atoms with Crippen molar-refractivity contribution in [1.82, 2.24) is 0 Å². The zero-order chi connectivity index (χ0) is 27.5. The average molecular weight is 502 g/mol. The second-order valence-electron chi connectivity index (χ2n) is 10.4. The number of hydrogen-bond acceptors (Lipinski definition) is 3. The van der Waals surface area contributed by atoms with Gasteiger partial charge in [0.1, 0.15) is 5.78 Å². The monoisotopic (exact) mass is 501 g/mol. The van der Waals surface area contributed by atoms with Crippen molar-refractivity contribution >= 4 is 5.78 Å². The first-order chi connectivity index (χ1) is 16.9. The van der Waals surface area contributed by atoms with Crippen LogP contribution in [0.3, 0.4) is 0 Å². The van der Waals surface area contributed by atoms with Gasteiger partial charge in [-0.2, -0.15) is 0 Å². The largest absolute Gasteiger partial charge is 0.405 e. The summed E-state index contributed by atoms with van der Waals surface area (Å²) < 4.78 is 25.2. The van der Waals surface area contributed by atoms with Crippen LogP contribution in [0.15, 0.2) is 65.9 Å². The van der Waals surface area contributed by atoms with Gasteiger partial charge in [0, 0.05) is 5.92 Å². The van der Waals surface area contributed by atoms with Crippen LogP contribution in [0.5, 0.6) is 0 Å². The quantitative estimate of drug-likeness (QED) is 0.284. The molecule has 0 saturated heterocycles. The Morgan fingerprint density at radius 1 is 1.19 bits per heavy atom. The van der Waals surface area contributed by atoms with Crippen molar-refractivity contribution in [2.75, 3.05) is 0 Å². The van der Waals surface area contributed by atoms with Crippen molar-refractivity contribution < 1.29 is 18.7 Å². The number of nitrogens with two attached hydrogens (primary N) is 1. The molecule has 36 heavy (non-hydrogen) atoms. The van der Waals surface area contributed by atoms with E-state index in [9.17, 15) is 18.7 Å². The van der Waals surface area contributed by atoms with Crippen LogP contribution >= 0.6 is 0 Å². The summed E-state index contributed by atoms with van der Waals surface area (Å²) >= 11 is 0. The van der Waals surface area contributed by atoms with E-state index in [4.69, 9.17) is 5.73 Å². The van der Waals surface area contributed by atoms with Gasteiger partial charge in [0.05, 0.1) is 6.10 Å². The Hall–Kier alpha value is -2.53. The van der Waals surface area contributed by atoms with Gasteiger partial charge in [-0.25, -0.2) is 8.78 Å². The van der Waals surface area contributed by atoms with Crippen LogP contribution in [-0.4, -0.2) is 10.9 Å². The standard InChI is InChI=1S/C21H33NO.C10H12F2O/c1-6-8-18(19(11-15-22)16(3)4)10-12-21(13-14-21)20(9-7-2)17(5)23;1-6(2)10(13)7-3-4-8(11)9(12)5-7/h6,8,11,15,20H,1,7,9-10,12-14,22H2,2-5H3;3-6,10,13H,1-2H3/b15-11-,18-8-;/t20-;10-/m11/s1. The summed E-state index contributed by atoms with van der Waals surface area (Å²) in [6, 6.07) is 3.44. The minimum Gasteiger partial charge on any atom is -0.405 e. The molecular weight excluding hydrogens is 456 g/mol. The van der Waals surface area contributed by atoms with Crippen LogP contribution in [0.1, 0.15) is 91.7 Å². The highest BCUT2D eigenvalue weighted by atomic mass is 19.2. The Labute approximate surface area is 216 Å². The van der Waals surface area contributed by atoms with E-state index in [1.807, 2.05) is 26.0 Å². The fourth-order valence-corrected chi connectivity index (χ4v) is 4.77. The van der Waals surface area contributed by atoms with Crippen LogP contribution < -0.4 is 5.73 Å². The van der Waals surface area contributed by atoms with Crippen molar-refractivity contribution in [2.24, 2.45) is 23.0 Å². The normalized spacial score (nSPS) is 16.2. The molecule has 1 aliphatic rings. The minimum atomic E-state index is -0.919. The van der Waals surface area contributed by atoms with Crippen molar-refractivity contribution in [3.63, 3.8) is 0 Å². The highest BCUT2D eigenvalue weighted by molar-refractivity contribution is 5.79. The van der Waals surface area contributed by atoms with E-state index < -0.39 is 17.7 Å². The van der Waals surface area contributed by atoms with Crippen LogP contribution in [0.4, 0.5) is 8.78 Å². The summed E-state index contributed by atoms with van der Waals surface area (Å²) in [5, 5.41) is 9.52. The first kappa shape index (κ1) is 31.5. The summed E-state index contributed by atoms with van der Waals surface area (Å²) in [6.45, 7) is 15.6. The smallest absolute Gasteiger partial charge is 0.159 e. The Bertz CT molecular complexity index is 967. The number of hydrogen-bond donors (Lipinski definition) is 2. The summed E-state index contributed by atoms with van der Waals surface area (Å²) in [7, 11) is 0. The molecular formula is C31H45F2NO2. The number of aliphatic hydroxyl groups excluding tert-OH is 1. The lowest BCUT2D eigenvalue weighted by molar-refractivity contribution is -0.123. The van der Waals surface area contributed by atoms with E-state index in [1.54, 1.807) is 13.1 Å². The summed E-state index contributed by atoms with van der Waals surface area (Å²) in [5.74, 6) is -1.22. The molecule has 0 spiro atoms. The third-order valence-corrected chi connectivity index (χ3v) is 6.97. The lowest BCUT2D eigenvalue weighted by Gasteiger charge is -2.25. The molecule has 0 aromatic heterocycles. The molecule has 0 radical (unpaired) electrons. The summed E-state index contributed by atoms with van der Waals surface area (Å²) in [6.07, 6.45) is 13.3. The van der Waals surface area contributed by atoms with E-state index in [0.717, 1.165) is 37.8 Å². The van der Waals surface area contributed by atoms with E-state index in [-0.39, 0.29) is 17.3 Å².